The number of anilines is 1. The zero-order chi connectivity index (χ0) is 16.8. The van der Waals surface area contributed by atoms with Crippen LogP contribution in [0.25, 0.3) is 11.0 Å². The summed E-state index contributed by atoms with van der Waals surface area (Å²) in [5.41, 5.74) is 1.70. The number of aromatic nitrogens is 4. The van der Waals surface area contributed by atoms with Crippen LogP contribution in [0.3, 0.4) is 0 Å². The summed E-state index contributed by atoms with van der Waals surface area (Å²) in [6, 6.07) is 7.91. The second kappa shape index (κ2) is 5.63. The number of rotatable bonds is 2. The summed E-state index contributed by atoms with van der Waals surface area (Å²) in [4.78, 5) is 19.7. The van der Waals surface area contributed by atoms with Crippen molar-refractivity contribution < 1.29 is 0 Å². The molecule has 0 N–H and O–H groups in total. The highest BCUT2D eigenvalue weighted by Gasteiger charge is 2.22. The maximum absolute atomic E-state index is 12.7. The molecule has 3 aromatic rings. The summed E-state index contributed by atoms with van der Waals surface area (Å²) in [6.07, 6.45) is 1.63. The van der Waals surface area contributed by atoms with Gasteiger partial charge in [0.2, 0.25) is 0 Å². The molecule has 6 nitrogen and oxygen atoms in total. The molecule has 0 atom stereocenters. The van der Waals surface area contributed by atoms with Gasteiger partial charge in [0.25, 0.3) is 5.56 Å². The maximum Gasteiger partial charge on any atom is 0.264 e. The van der Waals surface area contributed by atoms with Gasteiger partial charge in [-0.05, 0) is 32.0 Å². The molecular formula is C17H18ClN5O. The molecule has 0 saturated heterocycles. The molecule has 0 fully saturated rings. The van der Waals surface area contributed by atoms with Crippen molar-refractivity contribution in [3.05, 3.63) is 51.7 Å². The van der Waals surface area contributed by atoms with Gasteiger partial charge in [-0.2, -0.15) is 5.10 Å². The fourth-order valence-electron chi connectivity index (χ4n) is 3.16. The largest absolute Gasteiger partial charge is 0.362 e. The second-order valence-corrected chi connectivity index (χ2v) is 6.74. The van der Waals surface area contributed by atoms with E-state index >= 15 is 0 Å². The van der Waals surface area contributed by atoms with Crippen LogP contribution in [0.2, 0.25) is 5.02 Å². The predicted molar refractivity (Wildman–Crippen MR) is 94.7 cm³/mol. The van der Waals surface area contributed by atoms with Gasteiger partial charge < -0.3 is 4.90 Å². The van der Waals surface area contributed by atoms with Crippen molar-refractivity contribution in [2.45, 2.75) is 33.0 Å². The Kier molecular flexibility index (Phi) is 3.57. The summed E-state index contributed by atoms with van der Waals surface area (Å²) in [7, 11) is 0. The molecule has 0 saturated carbocycles. The Bertz CT molecular complexity index is 975. The SMILES string of the molecule is CC(C)n1ncc2c(=O)n3c(nc21)CN(c1cccc(Cl)c1)CC3. The molecule has 1 aliphatic rings. The van der Waals surface area contributed by atoms with Crippen LogP contribution in [0.4, 0.5) is 5.69 Å². The van der Waals surface area contributed by atoms with Crippen molar-refractivity contribution in [3.63, 3.8) is 0 Å². The van der Waals surface area contributed by atoms with Crippen molar-refractivity contribution >= 4 is 28.3 Å². The minimum Gasteiger partial charge on any atom is -0.362 e. The van der Waals surface area contributed by atoms with E-state index in [0.29, 0.717) is 29.1 Å². The van der Waals surface area contributed by atoms with Crippen LogP contribution in [0, 0.1) is 0 Å². The Morgan fingerprint density at radius 1 is 1.25 bits per heavy atom. The average molecular weight is 344 g/mol. The summed E-state index contributed by atoms with van der Waals surface area (Å²) in [5, 5.41) is 5.62. The molecule has 4 rings (SSSR count). The minimum atomic E-state index is -0.00681. The molecule has 3 heterocycles. The first-order chi connectivity index (χ1) is 11.5. The number of nitrogens with zero attached hydrogens (tertiary/aromatic N) is 5. The third-order valence-corrected chi connectivity index (χ3v) is 4.61. The van der Waals surface area contributed by atoms with Gasteiger partial charge in [-0.1, -0.05) is 17.7 Å². The summed E-state index contributed by atoms with van der Waals surface area (Å²) in [6.45, 7) is 6.00. The van der Waals surface area contributed by atoms with Gasteiger partial charge in [-0.25, -0.2) is 9.67 Å². The zero-order valence-electron chi connectivity index (χ0n) is 13.6. The van der Waals surface area contributed by atoms with Crippen LogP contribution in [-0.2, 0) is 13.1 Å². The number of hydrogen-bond donors (Lipinski definition) is 0. The molecule has 1 aliphatic heterocycles. The van der Waals surface area contributed by atoms with Gasteiger partial charge in [-0.15, -0.1) is 0 Å². The first-order valence-corrected chi connectivity index (χ1v) is 8.40. The molecule has 24 heavy (non-hydrogen) atoms. The molecule has 0 unspecified atom stereocenters. The molecular weight excluding hydrogens is 326 g/mol. The van der Waals surface area contributed by atoms with Crippen LogP contribution in [0.5, 0.6) is 0 Å². The predicted octanol–water partition coefficient (Wildman–Crippen LogP) is 2.85. The van der Waals surface area contributed by atoms with Crippen molar-refractivity contribution in [3.8, 4) is 0 Å². The van der Waals surface area contributed by atoms with Gasteiger partial charge in [0.05, 0.1) is 12.7 Å². The van der Waals surface area contributed by atoms with E-state index in [1.807, 2.05) is 38.1 Å². The number of benzene rings is 1. The van der Waals surface area contributed by atoms with Gasteiger partial charge in [0, 0.05) is 29.8 Å². The van der Waals surface area contributed by atoms with Gasteiger partial charge in [0.1, 0.15) is 11.2 Å². The van der Waals surface area contributed by atoms with E-state index in [-0.39, 0.29) is 11.6 Å². The highest BCUT2D eigenvalue weighted by Crippen LogP contribution is 2.23. The lowest BCUT2D eigenvalue weighted by Gasteiger charge is -2.31. The van der Waals surface area contributed by atoms with Crippen molar-refractivity contribution in [1.82, 2.24) is 19.3 Å². The van der Waals surface area contributed by atoms with Crippen LogP contribution in [0.1, 0.15) is 25.7 Å². The monoisotopic (exact) mass is 343 g/mol. The Morgan fingerprint density at radius 2 is 2.08 bits per heavy atom. The lowest BCUT2D eigenvalue weighted by Crippen LogP contribution is -2.40. The van der Waals surface area contributed by atoms with Crippen LogP contribution in [0.15, 0.2) is 35.3 Å². The lowest BCUT2D eigenvalue weighted by molar-refractivity contribution is 0.522. The van der Waals surface area contributed by atoms with E-state index in [9.17, 15) is 4.79 Å². The first kappa shape index (κ1) is 15.2. The number of halogens is 1. The topological polar surface area (TPSA) is 56.0 Å². The maximum atomic E-state index is 12.7. The zero-order valence-corrected chi connectivity index (χ0v) is 14.4. The molecule has 124 valence electrons. The van der Waals surface area contributed by atoms with E-state index in [1.54, 1.807) is 15.4 Å². The molecule has 2 aromatic heterocycles. The Balaban J connectivity index is 1.80. The Morgan fingerprint density at radius 3 is 2.83 bits per heavy atom. The summed E-state index contributed by atoms with van der Waals surface area (Å²) >= 11 is 6.10. The van der Waals surface area contributed by atoms with Crippen molar-refractivity contribution in [2.24, 2.45) is 0 Å². The van der Waals surface area contributed by atoms with Crippen LogP contribution < -0.4 is 10.5 Å². The average Bonchev–Trinajstić information content (AvgIpc) is 2.99. The van der Waals surface area contributed by atoms with Gasteiger partial charge >= 0.3 is 0 Å². The highest BCUT2D eigenvalue weighted by atomic mass is 35.5. The van der Waals surface area contributed by atoms with Crippen molar-refractivity contribution in [2.75, 3.05) is 11.4 Å². The number of fused-ring (bicyclic) bond motifs is 2. The Labute approximate surface area is 144 Å². The Hall–Kier alpha value is -2.34. The summed E-state index contributed by atoms with van der Waals surface area (Å²) in [5.74, 6) is 0.765. The van der Waals surface area contributed by atoms with E-state index in [1.165, 1.54) is 0 Å². The molecule has 0 radical (unpaired) electrons. The molecule has 7 heteroatoms. The van der Waals surface area contributed by atoms with E-state index in [4.69, 9.17) is 16.6 Å². The molecule has 0 aliphatic carbocycles. The third-order valence-electron chi connectivity index (χ3n) is 4.38. The van der Waals surface area contributed by atoms with Gasteiger partial charge in [-0.3, -0.25) is 9.36 Å². The quantitative estimate of drug-likeness (QED) is 0.718. The molecule has 0 spiro atoms. The van der Waals surface area contributed by atoms with Gasteiger partial charge in [0.15, 0.2) is 5.65 Å². The van der Waals surface area contributed by atoms with Crippen LogP contribution >= 0.6 is 11.6 Å². The van der Waals surface area contributed by atoms with Crippen molar-refractivity contribution in [1.29, 1.82) is 0 Å². The van der Waals surface area contributed by atoms with E-state index < -0.39 is 0 Å². The minimum absolute atomic E-state index is 0.00681. The van der Waals surface area contributed by atoms with Crippen LogP contribution in [-0.4, -0.2) is 25.9 Å². The summed E-state index contributed by atoms with van der Waals surface area (Å²) < 4.78 is 3.56. The van der Waals surface area contributed by atoms with E-state index in [2.05, 4.69) is 10.00 Å². The standard InChI is InChI=1S/C17H18ClN5O/c1-11(2)23-16-14(9-19-23)17(24)22-7-6-21(10-15(22)20-16)13-5-3-4-12(18)8-13/h3-5,8-9,11H,6-7,10H2,1-2H3. The molecule has 1 aromatic carbocycles. The fourth-order valence-corrected chi connectivity index (χ4v) is 3.34. The highest BCUT2D eigenvalue weighted by molar-refractivity contribution is 6.30. The lowest BCUT2D eigenvalue weighted by atomic mass is 10.2. The molecule has 0 amide bonds. The number of hydrogen-bond acceptors (Lipinski definition) is 4. The normalized spacial score (nSPS) is 14.4. The first-order valence-electron chi connectivity index (χ1n) is 8.02. The third kappa shape index (κ3) is 2.38. The molecule has 0 bridgehead atoms. The smallest absolute Gasteiger partial charge is 0.264 e. The second-order valence-electron chi connectivity index (χ2n) is 6.31. The van der Waals surface area contributed by atoms with E-state index in [0.717, 1.165) is 18.1 Å². The fraction of sp³-hybridized carbons (Fsp3) is 0.353.